The molecule has 0 bridgehead atoms. The van der Waals surface area contributed by atoms with Crippen LogP contribution in [-0.2, 0) is 4.79 Å². The van der Waals surface area contributed by atoms with Gasteiger partial charge in [0.05, 0.1) is 6.04 Å². The van der Waals surface area contributed by atoms with E-state index in [9.17, 15) is 4.79 Å². The van der Waals surface area contributed by atoms with E-state index in [-0.39, 0.29) is 18.4 Å². The van der Waals surface area contributed by atoms with Crippen LogP contribution in [0.5, 0.6) is 0 Å². The summed E-state index contributed by atoms with van der Waals surface area (Å²) < 4.78 is 0. The first-order valence-electron chi connectivity index (χ1n) is 6.33. The Balaban J connectivity index is 0.00000128. The number of halogens is 1. The number of rotatable bonds is 4. The molecule has 2 aliphatic rings. The molecule has 1 aliphatic carbocycles. The van der Waals surface area contributed by atoms with Crippen molar-refractivity contribution in [3.8, 4) is 0 Å². The third-order valence-corrected chi connectivity index (χ3v) is 3.48. The molecular formula is C12H23ClN2O. The minimum atomic E-state index is 0. The molecule has 1 atom stereocenters. The quantitative estimate of drug-likeness (QED) is 0.821. The highest BCUT2D eigenvalue weighted by molar-refractivity contribution is 5.85. The Bertz CT molecular complexity index is 225. The SMILES string of the molecule is CCN(CC1CC1)C(=O)[C@@H]1CCCCN1.Cl. The van der Waals surface area contributed by atoms with Crippen molar-refractivity contribution in [2.24, 2.45) is 5.92 Å². The Morgan fingerprint density at radius 3 is 2.56 bits per heavy atom. The number of hydrogen-bond donors (Lipinski definition) is 1. The van der Waals surface area contributed by atoms with Crippen molar-refractivity contribution in [2.45, 2.75) is 45.1 Å². The monoisotopic (exact) mass is 246 g/mol. The highest BCUT2D eigenvalue weighted by atomic mass is 35.5. The fourth-order valence-corrected chi connectivity index (χ4v) is 2.27. The van der Waals surface area contributed by atoms with Gasteiger partial charge in [-0.15, -0.1) is 12.4 Å². The zero-order valence-corrected chi connectivity index (χ0v) is 10.9. The molecule has 0 aromatic rings. The first-order chi connectivity index (χ1) is 7.31. The average molecular weight is 247 g/mol. The fraction of sp³-hybridized carbons (Fsp3) is 0.917. The molecule has 1 aliphatic heterocycles. The summed E-state index contributed by atoms with van der Waals surface area (Å²) in [6, 6.07) is 0.109. The zero-order valence-electron chi connectivity index (χ0n) is 10.1. The molecule has 0 aromatic heterocycles. The van der Waals surface area contributed by atoms with E-state index in [1.165, 1.54) is 25.7 Å². The van der Waals surface area contributed by atoms with Gasteiger partial charge in [-0.05, 0) is 45.1 Å². The van der Waals surface area contributed by atoms with Gasteiger partial charge in [0.1, 0.15) is 0 Å². The molecule has 3 nitrogen and oxygen atoms in total. The second-order valence-corrected chi connectivity index (χ2v) is 4.82. The van der Waals surface area contributed by atoms with E-state index in [2.05, 4.69) is 12.2 Å². The lowest BCUT2D eigenvalue weighted by molar-refractivity contribution is -0.134. The number of nitrogens with zero attached hydrogens (tertiary/aromatic N) is 1. The van der Waals surface area contributed by atoms with Gasteiger partial charge in [0.25, 0.3) is 0 Å². The normalized spacial score (nSPS) is 24.7. The molecule has 94 valence electrons. The maximum absolute atomic E-state index is 12.2. The molecule has 1 amide bonds. The summed E-state index contributed by atoms with van der Waals surface area (Å²) >= 11 is 0. The van der Waals surface area contributed by atoms with Crippen LogP contribution in [0, 0.1) is 5.92 Å². The summed E-state index contributed by atoms with van der Waals surface area (Å²) in [6.45, 7) is 4.96. The minimum Gasteiger partial charge on any atom is -0.341 e. The van der Waals surface area contributed by atoms with Gasteiger partial charge in [-0.2, -0.15) is 0 Å². The Morgan fingerprint density at radius 1 is 1.31 bits per heavy atom. The van der Waals surface area contributed by atoms with Crippen molar-refractivity contribution >= 4 is 18.3 Å². The topological polar surface area (TPSA) is 32.3 Å². The van der Waals surface area contributed by atoms with Crippen LogP contribution in [0.1, 0.15) is 39.0 Å². The van der Waals surface area contributed by atoms with E-state index in [0.717, 1.165) is 32.0 Å². The van der Waals surface area contributed by atoms with Crippen molar-refractivity contribution in [3.63, 3.8) is 0 Å². The van der Waals surface area contributed by atoms with Crippen LogP contribution in [0.4, 0.5) is 0 Å². The summed E-state index contributed by atoms with van der Waals surface area (Å²) in [5, 5.41) is 3.34. The van der Waals surface area contributed by atoms with E-state index < -0.39 is 0 Å². The summed E-state index contributed by atoms with van der Waals surface area (Å²) in [7, 11) is 0. The molecule has 2 fully saturated rings. The third-order valence-electron chi connectivity index (χ3n) is 3.48. The fourth-order valence-electron chi connectivity index (χ4n) is 2.27. The highest BCUT2D eigenvalue weighted by Gasteiger charge is 2.29. The second kappa shape index (κ2) is 6.45. The Kier molecular flexibility index (Phi) is 5.56. The van der Waals surface area contributed by atoms with Crippen molar-refractivity contribution in [2.75, 3.05) is 19.6 Å². The van der Waals surface area contributed by atoms with E-state index in [4.69, 9.17) is 0 Å². The van der Waals surface area contributed by atoms with Gasteiger partial charge < -0.3 is 10.2 Å². The Labute approximate surface area is 104 Å². The average Bonchev–Trinajstić information content (AvgIpc) is 3.10. The van der Waals surface area contributed by atoms with Crippen LogP contribution in [0.25, 0.3) is 0 Å². The summed E-state index contributed by atoms with van der Waals surface area (Å²) in [4.78, 5) is 14.2. The summed E-state index contributed by atoms with van der Waals surface area (Å²) in [5.41, 5.74) is 0. The highest BCUT2D eigenvalue weighted by Crippen LogP contribution is 2.30. The molecule has 1 saturated heterocycles. The zero-order chi connectivity index (χ0) is 10.7. The van der Waals surface area contributed by atoms with Crippen molar-refractivity contribution in [1.29, 1.82) is 0 Å². The first kappa shape index (κ1) is 13.8. The molecule has 0 unspecified atom stereocenters. The summed E-state index contributed by atoms with van der Waals surface area (Å²) in [5.74, 6) is 1.14. The smallest absolute Gasteiger partial charge is 0.239 e. The van der Waals surface area contributed by atoms with Crippen molar-refractivity contribution in [3.05, 3.63) is 0 Å². The number of amides is 1. The van der Waals surface area contributed by atoms with Crippen LogP contribution in [0.2, 0.25) is 0 Å². The number of likely N-dealkylation sites (N-methyl/N-ethyl adjacent to an activating group) is 1. The van der Waals surface area contributed by atoms with E-state index in [1.807, 2.05) is 4.90 Å². The van der Waals surface area contributed by atoms with Crippen LogP contribution in [0.3, 0.4) is 0 Å². The maximum Gasteiger partial charge on any atom is 0.239 e. The molecule has 0 radical (unpaired) electrons. The molecule has 0 aromatic carbocycles. The van der Waals surface area contributed by atoms with Gasteiger partial charge in [0.2, 0.25) is 5.91 Å². The van der Waals surface area contributed by atoms with Crippen LogP contribution in [-0.4, -0.2) is 36.5 Å². The number of carbonyl (C=O) groups excluding carboxylic acids is 1. The van der Waals surface area contributed by atoms with Gasteiger partial charge in [-0.25, -0.2) is 0 Å². The number of hydrogen-bond acceptors (Lipinski definition) is 2. The molecule has 0 spiro atoms. The van der Waals surface area contributed by atoms with Gasteiger partial charge in [-0.1, -0.05) is 6.42 Å². The third kappa shape index (κ3) is 3.63. The van der Waals surface area contributed by atoms with Crippen molar-refractivity contribution in [1.82, 2.24) is 10.2 Å². The number of carbonyl (C=O) groups is 1. The standard InChI is InChI=1S/C12H22N2O.ClH/c1-2-14(9-10-6-7-10)12(15)11-5-3-4-8-13-11;/h10-11,13H,2-9H2,1H3;1H/t11-;/m0./s1. The van der Waals surface area contributed by atoms with Gasteiger partial charge in [0, 0.05) is 13.1 Å². The van der Waals surface area contributed by atoms with Gasteiger partial charge in [0.15, 0.2) is 0 Å². The Hall–Kier alpha value is -0.280. The molecule has 2 rings (SSSR count). The predicted molar refractivity (Wildman–Crippen MR) is 67.9 cm³/mol. The molecule has 1 N–H and O–H groups in total. The molecule has 1 saturated carbocycles. The lowest BCUT2D eigenvalue weighted by atomic mass is 10.0. The van der Waals surface area contributed by atoms with E-state index >= 15 is 0 Å². The largest absolute Gasteiger partial charge is 0.341 e. The van der Waals surface area contributed by atoms with Gasteiger partial charge in [-0.3, -0.25) is 4.79 Å². The minimum absolute atomic E-state index is 0. The molecule has 1 heterocycles. The number of piperidine rings is 1. The summed E-state index contributed by atoms with van der Waals surface area (Å²) in [6.07, 6.45) is 6.09. The predicted octanol–water partition coefficient (Wildman–Crippen LogP) is 1.81. The van der Waals surface area contributed by atoms with Crippen LogP contribution in [0.15, 0.2) is 0 Å². The second-order valence-electron chi connectivity index (χ2n) is 4.82. The number of nitrogens with one attached hydrogen (secondary N) is 1. The maximum atomic E-state index is 12.2. The lowest BCUT2D eigenvalue weighted by Gasteiger charge is -2.29. The van der Waals surface area contributed by atoms with Crippen molar-refractivity contribution < 1.29 is 4.79 Å². The molecular weight excluding hydrogens is 224 g/mol. The van der Waals surface area contributed by atoms with Crippen LogP contribution < -0.4 is 5.32 Å². The first-order valence-corrected chi connectivity index (χ1v) is 6.33. The Morgan fingerprint density at radius 2 is 2.06 bits per heavy atom. The van der Waals surface area contributed by atoms with E-state index in [1.54, 1.807) is 0 Å². The van der Waals surface area contributed by atoms with Gasteiger partial charge >= 0.3 is 0 Å². The van der Waals surface area contributed by atoms with E-state index in [0.29, 0.717) is 5.91 Å². The lowest BCUT2D eigenvalue weighted by Crippen LogP contribution is -2.49. The van der Waals surface area contributed by atoms with Crippen LogP contribution >= 0.6 is 12.4 Å². The molecule has 16 heavy (non-hydrogen) atoms. The molecule has 4 heteroatoms.